The number of carbonyl (C=O) groups excluding carboxylic acids is 1. The molecule has 2 rings (SSSR count). The third kappa shape index (κ3) is 2.16. The predicted octanol–water partition coefficient (Wildman–Crippen LogP) is 0.910. The average molecular weight is 236 g/mol. The van der Waals surface area contributed by atoms with Gasteiger partial charge in [0.2, 0.25) is 5.91 Å². The van der Waals surface area contributed by atoms with Crippen molar-refractivity contribution in [1.82, 2.24) is 19.5 Å². The van der Waals surface area contributed by atoms with Crippen LogP contribution in [0.5, 0.6) is 0 Å². The number of thioether (sulfide) groups is 1. The quantitative estimate of drug-likeness (QED) is 0.743. The van der Waals surface area contributed by atoms with Gasteiger partial charge in [-0.3, -0.25) is 9.20 Å². The fourth-order valence-electron chi connectivity index (χ4n) is 1.17. The molecule has 5 nitrogen and oxygen atoms in total. The highest BCUT2D eigenvalue weighted by Gasteiger charge is 2.09. The molecule has 84 valence electrons. The van der Waals surface area contributed by atoms with Crippen molar-refractivity contribution in [3.05, 3.63) is 24.4 Å². The molecular formula is C10H12N4OS. The zero-order chi connectivity index (χ0) is 11.5. The highest BCUT2D eigenvalue weighted by Crippen LogP contribution is 2.16. The zero-order valence-electron chi connectivity index (χ0n) is 9.12. The molecule has 0 atom stereocenters. The molecule has 2 heterocycles. The molecule has 0 saturated carbocycles. The lowest BCUT2D eigenvalue weighted by Crippen LogP contribution is -2.23. The fraction of sp³-hybridized carbons (Fsp3) is 0.300. The highest BCUT2D eigenvalue weighted by molar-refractivity contribution is 7.99. The second kappa shape index (κ2) is 4.52. The molecule has 6 heteroatoms. The summed E-state index contributed by atoms with van der Waals surface area (Å²) < 4.78 is 1.87. The van der Waals surface area contributed by atoms with E-state index in [4.69, 9.17) is 0 Å². The van der Waals surface area contributed by atoms with Crippen molar-refractivity contribution in [3.8, 4) is 0 Å². The lowest BCUT2D eigenvalue weighted by atomic mass is 10.5. The Morgan fingerprint density at radius 1 is 1.44 bits per heavy atom. The van der Waals surface area contributed by atoms with Crippen molar-refractivity contribution in [3.63, 3.8) is 0 Å². The number of amides is 1. The van der Waals surface area contributed by atoms with Crippen LogP contribution >= 0.6 is 11.8 Å². The number of hydrogen-bond donors (Lipinski definition) is 0. The number of nitrogens with zero attached hydrogens (tertiary/aromatic N) is 4. The number of pyridine rings is 1. The smallest absolute Gasteiger partial charge is 0.232 e. The molecular weight excluding hydrogens is 224 g/mol. The average Bonchev–Trinajstić information content (AvgIpc) is 2.69. The normalized spacial score (nSPS) is 10.6. The van der Waals surface area contributed by atoms with Gasteiger partial charge < -0.3 is 4.90 Å². The van der Waals surface area contributed by atoms with E-state index in [2.05, 4.69) is 10.2 Å². The van der Waals surface area contributed by atoms with Gasteiger partial charge in [-0.2, -0.15) is 0 Å². The summed E-state index contributed by atoms with van der Waals surface area (Å²) in [5.41, 5.74) is 0.794. The highest BCUT2D eigenvalue weighted by atomic mass is 32.2. The van der Waals surface area contributed by atoms with Crippen LogP contribution in [0.2, 0.25) is 0 Å². The van der Waals surface area contributed by atoms with Crippen LogP contribution in [0.4, 0.5) is 0 Å². The minimum absolute atomic E-state index is 0.0673. The van der Waals surface area contributed by atoms with Crippen LogP contribution in [0.3, 0.4) is 0 Å². The van der Waals surface area contributed by atoms with Crippen molar-refractivity contribution < 1.29 is 4.79 Å². The molecule has 2 aromatic rings. The van der Waals surface area contributed by atoms with E-state index < -0.39 is 0 Å². The van der Waals surface area contributed by atoms with Gasteiger partial charge in [-0.05, 0) is 12.1 Å². The third-order valence-corrected chi connectivity index (χ3v) is 3.03. The van der Waals surface area contributed by atoms with Crippen LogP contribution < -0.4 is 0 Å². The number of fused-ring (bicyclic) bond motifs is 1. The Kier molecular flexibility index (Phi) is 3.09. The van der Waals surface area contributed by atoms with Crippen LogP contribution in [-0.4, -0.2) is 45.3 Å². The van der Waals surface area contributed by atoms with Gasteiger partial charge in [-0.25, -0.2) is 0 Å². The van der Waals surface area contributed by atoms with Gasteiger partial charge in [-0.1, -0.05) is 17.8 Å². The Balaban J connectivity index is 2.13. The van der Waals surface area contributed by atoms with E-state index in [1.807, 2.05) is 28.8 Å². The zero-order valence-corrected chi connectivity index (χ0v) is 9.94. The number of aromatic nitrogens is 3. The SMILES string of the molecule is CN(C)C(=O)CSc1nnc2ccccn12. The monoisotopic (exact) mass is 236 g/mol. The third-order valence-electron chi connectivity index (χ3n) is 2.11. The van der Waals surface area contributed by atoms with E-state index in [9.17, 15) is 4.79 Å². The fourth-order valence-corrected chi connectivity index (χ4v) is 2.08. The predicted molar refractivity (Wildman–Crippen MR) is 62.4 cm³/mol. The van der Waals surface area contributed by atoms with Gasteiger partial charge in [0.1, 0.15) is 0 Å². The standard InChI is InChI=1S/C10H12N4OS/c1-13(2)9(15)7-16-10-12-11-8-5-3-4-6-14(8)10/h3-6H,7H2,1-2H3. The minimum atomic E-state index is 0.0673. The number of rotatable bonds is 3. The van der Waals surface area contributed by atoms with Crippen molar-refractivity contribution in [2.75, 3.05) is 19.8 Å². The van der Waals surface area contributed by atoms with Crippen molar-refractivity contribution in [2.45, 2.75) is 5.16 Å². The van der Waals surface area contributed by atoms with E-state index in [1.54, 1.807) is 19.0 Å². The first kappa shape index (κ1) is 10.9. The van der Waals surface area contributed by atoms with Gasteiger partial charge >= 0.3 is 0 Å². The number of carbonyl (C=O) groups is 1. The molecule has 0 aliphatic heterocycles. The maximum absolute atomic E-state index is 11.4. The molecule has 0 unspecified atom stereocenters. The van der Waals surface area contributed by atoms with Crippen molar-refractivity contribution >= 4 is 23.3 Å². The van der Waals surface area contributed by atoms with Crippen LogP contribution in [0.15, 0.2) is 29.6 Å². The van der Waals surface area contributed by atoms with Gasteiger partial charge in [0, 0.05) is 20.3 Å². The van der Waals surface area contributed by atoms with Gasteiger partial charge in [0.05, 0.1) is 5.75 Å². The summed E-state index contributed by atoms with van der Waals surface area (Å²) >= 11 is 1.39. The first-order valence-electron chi connectivity index (χ1n) is 4.81. The van der Waals surface area contributed by atoms with Crippen LogP contribution in [-0.2, 0) is 4.79 Å². The molecule has 0 spiro atoms. The molecule has 0 aliphatic carbocycles. The Bertz CT molecular complexity index is 508. The van der Waals surface area contributed by atoms with E-state index in [0.29, 0.717) is 5.75 Å². The van der Waals surface area contributed by atoms with E-state index in [0.717, 1.165) is 10.8 Å². The summed E-state index contributed by atoms with van der Waals surface area (Å²) in [7, 11) is 3.48. The molecule has 2 aromatic heterocycles. The molecule has 0 N–H and O–H groups in total. The number of hydrogen-bond acceptors (Lipinski definition) is 4. The molecule has 0 aliphatic rings. The molecule has 0 saturated heterocycles. The summed E-state index contributed by atoms with van der Waals surface area (Å²) in [6.45, 7) is 0. The summed E-state index contributed by atoms with van der Waals surface area (Å²) in [5.74, 6) is 0.445. The first-order valence-corrected chi connectivity index (χ1v) is 5.80. The summed E-state index contributed by atoms with van der Waals surface area (Å²) in [6, 6.07) is 5.70. The maximum atomic E-state index is 11.4. The maximum Gasteiger partial charge on any atom is 0.232 e. The molecule has 0 bridgehead atoms. The van der Waals surface area contributed by atoms with Gasteiger partial charge in [-0.15, -0.1) is 10.2 Å². The summed E-state index contributed by atoms with van der Waals surface area (Å²) in [5, 5.41) is 8.78. The largest absolute Gasteiger partial charge is 0.348 e. The Morgan fingerprint density at radius 2 is 2.25 bits per heavy atom. The van der Waals surface area contributed by atoms with Gasteiger partial charge in [0.25, 0.3) is 0 Å². The lowest BCUT2D eigenvalue weighted by molar-refractivity contribution is -0.125. The summed E-state index contributed by atoms with van der Waals surface area (Å²) in [6.07, 6.45) is 1.89. The van der Waals surface area contributed by atoms with Crippen LogP contribution in [0.25, 0.3) is 5.65 Å². The van der Waals surface area contributed by atoms with Crippen LogP contribution in [0.1, 0.15) is 0 Å². The molecule has 0 aromatic carbocycles. The van der Waals surface area contributed by atoms with E-state index in [1.165, 1.54) is 11.8 Å². The topological polar surface area (TPSA) is 50.5 Å². The summed E-state index contributed by atoms with van der Waals surface area (Å²) in [4.78, 5) is 13.0. The Hall–Kier alpha value is -1.56. The minimum Gasteiger partial charge on any atom is -0.348 e. The molecule has 1 amide bonds. The van der Waals surface area contributed by atoms with Crippen LogP contribution in [0, 0.1) is 0 Å². The second-order valence-corrected chi connectivity index (χ2v) is 4.43. The first-order chi connectivity index (χ1) is 7.68. The molecule has 0 fully saturated rings. The molecule has 16 heavy (non-hydrogen) atoms. The van der Waals surface area contributed by atoms with Crippen molar-refractivity contribution in [1.29, 1.82) is 0 Å². The van der Waals surface area contributed by atoms with Crippen molar-refractivity contribution in [2.24, 2.45) is 0 Å². The van der Waals surface area contributed by atoms with E-state index in [-0.39, 0.29) is 5.91 Å². The Morgan fingerprint density at radius 3 is 3.00 bits per heavy atom. The second-order valence-electron chi connectivity index (χ2n) is 3.49. The lowest BCUT2D eigenvalue weighted by Gasteiger charge is -2.08. The Labute approximate surface area is 97.5 Å². The molecule has 0 radical (unpaired) electrons. The van der Waals surface area contributed by atoms with Gasteiger partial charge in [0.15, 0.2) is 10.8 Å². The van der Waals surface area contributed by atoms with E-state index >= 15 is 0 Å².